The maximum Gasteiger partial charge on any atom is 0.430 e. The van der Waals surface area contributed by atoms with Crippen LogP contribution in [0.2, 0.25) is 5.02 Å². The SMILES string of the molecule is CCN(CC)OC(=O)Nc1c(O)c2c(c(N(C)C)c1Cl)CC1CC3[C@H](N(C)C)C(O)=C(C(N)=O)C(=O)[C@@]3(O)C(O)=C1C2=O. The molecule has 4 atom stereocenters. The van der Waals surface area contributed by atoms with E-state index in [1.165, 1.54) is 9.96 Å². The van der Waals surface area contributed by atoms with Crippen molar-refractivity contribution in [3.05, 3.63) is 38.8 Å². The van der Waals surface area contributed by atoms with Crippen molar-refractivity contribution in [1.29, 1.82) is 0 Å². The minimum Gasteiger partial charge on any atom is -0.510 e. The average Bonchev–Trinajstić information content (AvgIpc) is 2.91. The largest absolute Gasteiger partial charge is 0.510 e. The van der Waals surface area contributed by atoms with Crippen LogP contribution in [0.5, 0.6) is 5.75 Å². The van der Waals surface area contributed by atoms with Crippen LogP contribution in [0, 0.1) is 11.8 Å². The lowest BCUT2D eigenvalue weighted by atomic mass is 9.58. The van der Waals surface area contributed by atoms with Gasteiger partial charge in [0.25, 0.3) is 5.91 Å². The number of benzene rings is 1. The topological polar surface area (TPSA) is 206 Å². The summed E-state index contributed by atoms with van der Waals surface area (Å²) in [5, 5.41) is 49.2. The average molecular weight is 622 g/mol. The van der Waals surface area contributed by atoms with Gasteiger partial charge < -0.3 is 35.9 Å². The Morgan fingerprint density at radius 3 is 2.23 bits per heavy atom. The Balaban J connectivity index is 1.92. The van der Waals surface area contributed by atoms with Crippen molar-refractivity contribution in [2.24, 2.45) is 17.6 Å². The van der Waals surface area contributed by atoms with Crippen molar-refractivity contribution >= 4 is 46.5 Å². The number of aliphatic hydroxyl groups excluding tert-OH is 2. The number of aromatic hydroxyl groups is 1. The van der Waals surface area contributed by atoms with E-state index in [0.29, 0.717) is 24.3 Å². The molecular weight excluding hydrogens is 586 g/mol. The second kappa shape index (κ2) is 11.3. The van der Waals surface area contributed by atoms with Gasteiger partial charge in [-0.1, -0.05) is 11.6 Å². The number of carbonyl (C=O) groups excluding carboxylic acids is 4. The molecule has 2 unspecified atom stereocenters. The summed E-state index contributed by atoms with van der Waals surface area (Å²) in [6.07, 6.45) is -1.02. The van der Waals surface area contributed by atoms with E-state index in [9.17, 15) is 39.6 Å². The van der Waals surface area contributed by atoms with Crippen molar-refractivity contribution in [3.63, 3.8) is 0 Å². The fraction of sp³-hybridized carbons (Fsp3) is 0.500. The van der Waals surface area contributed by atoms with E-state index in [-0.39, 0.29) is 34.7 Å². The van der Waals surface area contributed by atoms with Crippen LogP contribution in [0.4, 0.5) is 16.2 Å². The first kappa shape index (κ1) is 32.1. The van der Waals surface area contributed by atoms with Crippen molar-refractivity contribution in [2.45, 2.75) is 38.3 Å². The van der Waals surface area contributed by atoms with Gasteiger partial charge in [0.15, 0.2) is 17.1 Å². The number of rotatable bonds is 7. The maximum absolute atomic E-state index is 14.1. The molecule has 43 heavy (non-hydrogen) atoms. The summed E-state index contributed by atoms with van der Waals surface area (Å²) in [5.41, 5.74) is 1.38. The quantitative estimate of drug-likeness (QED) is 0.146. The number of hydrogen-bond donors (Lipinski definition) is 6. The number of hydrogen-bond acceptors (Lipinski definition) is 12. The molecule has 0 aromatic heterocycles. The van der Waals surface area contributed by atoms with Crippen LogP contribution in [-0.4, -0.2) is 107 Å². The van der Waals surface area contributed by atoms with Gasteiger partial charge in [-0.05, 0) is 52.3 Å². The van der Waals surface area contributed by atoms with Gasteiger partial charge >= 0.3 is 6.09 Å². The second-order valence-corrected chi connectivity index (χ2v) is 11.6. The van der Waals surface area contributed by atoms with Crippen LogP contribution in [0.3, 0.4) is 0 Å². The Bertz CT molecular complexity index is 1480. The Morgan fingerprint density at radius 2 is 1.72 bits per heavy atom. The zero-order valence-corrected chi connectivity index (χ0v) is 25.4. The molecule has 0 bridgehead atoms. The molecule has 0 radical (unpaired) electrons. The Hall–Kier alpha value is -3.85. The summed E-state index contributed by atoms with van der Waals surface area (Å²) in [7, 11) is 6.41. The molecule has 1 aromatic carbocycles. The van der Waals surface area contributed by atoms with Gasteiger partial charge in [0.2, 0.25) is 5.78 Å². The van der Waals surface area contributed by atoms with E-state index in [1.807, 2.05) is 0 Å². The number of ketones is 2. The molecule has 0 saturated heterocycles. The van der Waals surface area contributed by atoms with E-state index in [1.54, 1.807) is 46.9 Å². The first-order chi connectivity index (χ1) is 20.0. The Kier molecular flexibility index (Phi) is 8.46. The van der Waals surface area contributed by atoms with E-state index < -0.39 is 69.9 Å². The number of allylic oxidation sites excluding steroid dienone is 1. The van der Waals surface area contributed by atoms with Gasteiger partial charge in [-0.15, -0.1) is 5.06 Å². The number of phenolic OH excluding ortho intramolecular Hbond substituents is 1. The zero-order valence-electron chi connectivity index (χ0n) is 24.7. The summed E-state index contributed by atoms with van der Waals surface area (Å²) >= 11 is 6.69. The molecule has 2 amide bonds. The lowest BCUT2D eigenvalue weighted by Crippen LogP contribution is -2.63. The zero-order chi connectivity index (χ0) is 32.3. The summed E-state index contributed by atoms with van der Waals surface area (Å²) in [6.45, 7) is 4.30. The molecular formula is C28H36ClN5O9. The smallest absolute Gasteiger partial charge is 0.430 e. The maximum atomic E-state index is 14.1. The molecule has 15 heteroatoms. The fourth-order valence-electron chi connectivity index (χ4n) is 6.51. The van der Waals surface area contributed by atoms with E-state index in [4.69, 9.17) is 22.2 Å². The van der Waals surface area contributed by atoms with Crippen LogP contribution in [0.15, 0.2) is 22.7 Å². The standard InChI is InChI=1S/C28H36ClN5O9/c1-7-34(8-2)43-27(41)31-18-17(29)19(32(3)4)12-9-11-10-13-20(33(5)6)23(37)16(26(30)40)25(39)28(13,42)24(38)14(11)21(35)15(12)22(18)36/h11,13,20,36-38,42H,7-10H2,1-6H3,(H2,30,40)(H,31,41)/t11?,13?,20-,28-/m0/s1. The number of anilines is 2. The normalized spacial score (nSPS) is 25.0. The first-order valence-corrected chi connectivity index (χ1v) is 14.0. The number of nitrogens with zero attached hydrogens (tertiary/aromatic N) is 3. The third-order valence-corrected chi connectivity index (χ3v) is 8.76. The molecule has 7 N–H and O–H groups in total. The second-order valence-electron chi connectivity index (χ2n) is 11.2. The Morgan fingerprint density at radius 1 is 1.12 bits per heavy atom. The molecule has 0 heterocycles. The van der Waals surface area contributed by atoms with Crippen LogP contribution < -0.4 is 16.0 Å². The summed E-state index contributed by atoms with van der Waals surface area (Å²) in [4.78, 5) is 60.7. The number of primary amides is 1. The van der Waals surface area contributed by atoms with Gasteiger partial charge in [-0.2, -0.15) is 0 Å². The molecule has 0 fully saturated rings. The van der Waals surface area contributed by atoms with Gasteiger partial charge in [-0.25, -0.2) is 4.79 Å². The summed E-state index contributed by atoms with van der Waals surface area (Å²) in [6, 6.07) is -1.11. The molecule has 14 nitrogen and oxygen atoms in total. The third kappa shape index (κ3) is 4.78. The fourth-order valence-corrected chi connectivity index (χ4v) is 6.93. The molecule has 3 aliphatic carbocycles. The highest BCUT2D eigenvalue weighted by Crippen LogP contribution is 2.55. The third-order valence-electron chi connectivity index (χ3n) is 8.40. The number of hydroxylamine groups is 2. The van der Waals surface area contributed by atoms with Crippen molar-refractivity contribution in [2.75, 3.05) is 51.5 Å². The lowest BCUT2D eigenvalue weighted by Gasteiger charge is -2.50. The number of nitrogens with one attached hydrogen (secondary N) is 1. The van der Waals surface area contributed by atoms with E-state index in [2.05, 4.69) is 5.32 Å². The predicted octanol–water partition coefficient (Wildman–Crippen LogP) is 1.65. The predicted molar refractivity (Wildman–Crippen MR) is 156 cm³/mol. The first-order valence-electron chi connectivity index (χ1n) is 13.7. The number of carbonyl (C=O) groups is 4. The number of aliphatic hydroxyl groups is 3. The summed E-state index contributed by atoms with van der Waals surface area (Å²) in [5.74, 6) is -7.86. The number of amides is 2. The molecule has 0 saturated carbocycles. The molecule has 3 aliphatic rings. The minimum atomic E-state index is -2.77. The van der Waals surface area contributed by atoms with E-state index >= 15 is 0 Å². The minimum absolute atomic E-state index is 0.0273. The van der Waals surface area contributed by atoms with Gasteiger partial charge in [0.05, 0.1) is 22.3 Å². The number of nitrogens with two attached hydrogens (primary N) is 1. The van der Waals surface area contributed by atoms with E-state index in [0.717, 1.165) is 0 Å². The molecule has 234 valence electrons. The molecule has 0 aliphatic heterocycles. The molecule has 4 rings (SSSR count). The van der Waals surface area contributed by atoms with Crippen LogP contribution in [-0.2, 0) is 20.8 Å². The summed E-state index contributed by atoms with van der Waals surface area (Å²) < 4.78 is 0. The lowest BCUT2D eigenvalue weighted by molar-refractivity contribution is -0.148. The number of halogens is 1. The van der Waals surface area contributed by atoms with Gasteiger partial charge in [0.1, 0.15) is 22.8 Å². The van der Waals surface area contributed by atoms with Gasteiger partial charge in [-0.3, -0.25) is 24.6 Å². The van der Waals surface area contributed by atoms with Crippen molar-refractivity contribution in [3.8, 4) is 5.75 Å². The Labute approximate surface area is 252 Å². The number of likely N-dealkylation sites (N-methyl/N-ethyl adjacent to an activating group) is 1. The van der Waals surface area contributed by atoms with Crippen molar-refractivity contribution < 1.29 is 44.4 Å². The monoisotopic (exact) mass is 621 g/mol. The van der Waals surface area contributed by atoms with Gasteiger partial charge in [0, 0.05) is 38.7 Å². The number of phenols is 1. The van der Waals surface area contributed by atoms with Crippen molar-refractivity contribution in [1.82, 2.24) is 9.96 Å². The molecule has 0 spiro atoms. The van der Waals surface area contributed by atoms with Crippen LogP contribution in [0.1, 0.15) is 36.2 Å². The highest BCUT2D eigenvalue weighted by atomic mass is 35.5. The highest BCUT2D eigenvalue weighted by Gasteiger charge is 2.63. The molecule has 1 aromatic rings. The number of Topliss-reactive ketones (excluding diaryl/α,β-unsaturated/α-hetero) is 2. The van der Waals surface area contributed by atoms with Crippen LogP contribution in [0.25, 0.3) is 0 Å². The highest BCUT2D eigenvalue weighted by molar-refractivity contribution is 6.38. The number of fused-ring (bicyclic) bond motifs is 3. The van der Waals surface area contributed by atoms with Crippen LogP contribution >= 0.6 is 11.6 Å².